The number of alkyl halides is 3. The van der Waals surface area contributed by atoms with Crippen LogP contribution < -0.4 is 10.0 Å². The molecule has 0 unspecified atom stereocenters. The number of amides is 1. The second-order valence-electron chi connectivity index (χ2n) is 7.36. The van der Waals surface area contributed by atoms with E-state index in [1.807, 2.05) is 0 Å². The van der Waals surface area contributed by atoms with Crippen LogP contribution in [0.2, 0.25) is 5.02 Å². The Kier molecular flexibility index (Phi) is 6.29. The van der Waals surface area contributed by atoms with Crippen LogP contribution in [0.4, 0.5) is 23.2 Å². The van der Waals surface area contributed by atoms with Crippen LogP contribution >= 0.6 is 11.6 Å². The van der Waals surface area contributed by atoms with Crippen molar-refractivity contribution in [3.63, 3.8) is 0 Å². The molecule has 2 aromatic rings. The van der Waals surface area contributed by atoms with Gasteiger partial charge in [0.15, 0.2) is 0 Å². The number of anilines is 1. The van der Waals surface area contributed by atoms with Crippen molar-refractivity contribution in [2.24, 2.45) is 7.05 Å². The van der Waals surface area contributed by atoms with Crippen molar-refractivity contribution in [2.45, 2.75) is 42.8 Å². The van der Waals surface area contributed by atoms with Crippen LogP contribution in [0.25, 0.3) is 0 Å². The summed E-state index contributed by atoms with van der Waals surface area (Å²) >= 11 is 6.24. The molecule has 172 valence electrons. The molecule has 1 amide bonds. The summed E-state index contributed by atoms with van der Waals surface area (Å²) in [5, 5.41) is 10.8. The number of hydrogen-bond donors (Lipinski definition) is 2. The minimum Gasteiger partial charge on any atom is -0.341 e. The first kappa shape index (κ1) is 24.0. The number of nitrogens with zero attached hydrogens (tertiary/aromatic N) is 2. The van der Waals surface area contributed by atoms with Gasteiger partial charge in [0.25, 0.3) is 5.91 Å². The van der Waals surface area contributed by atoms with Gasteiger partial charge < -0.3 is 9.88 Å². The fraction of sp³-hybridized carbons (Fsp3) is 0.368. The third kappa shape index (κ3) is 4.60. The quantitative estimate of drug-likeness (QED) is 0.594. The average Bonchev–Trinajstić information content (AvgIpc) is 3.46. The zero-order chi connectivity index (χ0) is 24.0. The monoisotopic (exact) mass is 492 g/mol. The summed E-state index contributed by atoms with van der Waals surface area (Å²) in [5.41, 5.74) is -0.449. The highest BCUT2D eigenvalue weighted by atomic mass is 35.5. The molecule has 1 aromatic carbocycles. The first-order valence-corrected chi connectivity index (χ1v) is 11.1. The highest BCUT2D eigenvalue weighted by molar-refractivity contribution is 7.89. The molecule has 1 aliphatic carbocycles. The summed E-state index contributed by atoms with van der Waals surface area (Å²) in [4.78, 5) is 12.3. The lowest BCUT2D eigenvalue weighted by molar-refractivity contribution is -0.147. The molecule has 1 atom stereocenters. The van der Waals surface area contributed by atoms with Gasteiger partial charge in [0.05, 0.1) is 10.6 Å². The average molecular weight is 493 g/mol. The molecule has 0 aliphatic heterocycles. The highest BCUT2D eigenvalue weighted by Crippen LogP contribution is 2.47. The number of carbonyl (C=O) groups is 1. The first-order valence-electron chi connectivity index (χ1n) is 9.26. The van der Waals surface area contributed by atoms with Gasteiger partial charge in [0.2, 0.25) is 10.0 Å². The van der Waals surface area contributed by atoms with Crippen molar-refractivity contribution >= 4 is 33.2 Å². The molecule has 1 aromatic heterocycles. The number of sulfonamides is 1. The van der Waals surface area contributed by atoms with E-state index < -0.39 is 43.9 Å². The van der Waals surface area contributed by atoms with Gasteiger partial charge in [-0.15, -0.1) is 0 Å². The van der Waals surface area contributed by atoms with Crippen LogP contribution in [0.5, 0.6) is 0 Å². The van der Waals surface area contributed by atoms with E-state index in [9.17, 15) is 30.8 Å². The maximum Gasteiger partial charge on any atom is 0.404 e. The number of nitriles is 1. The van der Waals surface area contributed by atoms with Crippen molar-refractivity contribution < 1.29 is 30.8 Å². The van der Waals surface area contributed by atoms with E-state index in [1.165, 1.54) is 17.7 Å². The highest BCUT2D eigenvalue weighted by Gasteiger charge is 2.43. The van der Waals surface area contributed by atoms with Crippen molar-refractivity contribution in [2.75, 3.05) is 5.32 Å². The fourth-order valence-electron chi connectivity index (χ4n) is 3.20. The molecule has 1 fully saturated rings. The number of rotatable bonds is 6. The van der Waals surface area contributed by atoms with Gasteiger partial charge in [-0.3, -0.25) is 4.79 Å². The molecule has 0 radical (unpaired) electrons. The van der Waals surface area contributed by atoms with Crippen LogP contribution in [-0.4, -0.2) is 31.1 Å². The molecule has 0 bridgehead atoms. The van der Waals surface area contributed by atoms with Gasteiger partial charge in [0.1, 0.15) is 28.5 Å². The van der Waals surface area contributed by atoms with Crippen LogP contribution in [0.15, 0.2) is 23.1 Å². The van der Waals surface area contributed by atoms with E-state index in [4.69, 9.17) is 16.9 Å². The number of halogens is 5. The van der Waals surface area contributed by atoms with E-state index in [1.54, 1.807) is 10.8 Å². The van der Waals surface area contributed by atoms with Crippen molar-refractivity contribution in [1.82, 2.24) is 9.29 Å². The van der Waals surface area contributed by atoms with Gasteiger partial charge in [-0.1, -0.05) is 11.6 Å². The third-order valence-corrected chi connectivity index (χ3v) is 7.05. The zero-order valence-corrected chi connectivity index (χ0v) is 18.3. The maximum atomic E-state index is 13.5. The molecule has 0 spiro atoms. The molecule has 0 saturated heterocycles. The van der Waals surface area contributed by atoms with E-state index in [0.717, 1.165) is 12.1 Å². The molecule has 1 heterocycles. The van der Waals surface area contributed by atoms with Gasteiger partial charge in [0, 0.05) is 24.3 Å². The lowest BCUT2D eigenvalue weighted by atomic mass is 10.2. The summed E-state index contributed by atoms with van der Waals surface area (Å²) in [5.74, 6) is -1.96. The Morgan fingerprint density at radius 2 is 1.97 bits per heavy atom. The van der Waals surface area contributed by atoms with Crippen molar-refractivity contribution in [3.05, 3.63) is 46.0 Å². The third-order valence-electron chi connectivity index (χ3n) is 4.95. The van der Waals surface area contributed by atoms with Crippen LogP contribution in [0.3, 0.4) is 0 Å². The van der Waals surface area contributed by atoms with Crippen LogP contribution in [0.1, 0.15) is 47.4 Å². The summed E-state index contributed by atoms with van der Waals surface area (Å²) in [7, 11) is -3.35. The topological polar surface area (TPSA) is 104 Å². The van der Waals surface area contributed by atoms with E-state index in [-0.39, 0.29) is 28.6 Å². The smallest absolute Gasteiger partial charge is 0.341 e. The van der Waals surface area contributed by atoms with Crippen LogP contribution in [-0.2, 0) is 17.1 Å². The number of carbonyl (C=O) groups excluding carboxylic acids is 1. The molecule has 1 saturated carbocycles. The van der Waals surface area contributed by atoms with Gasteiger partial charge >= 0.3 is 6.18 Å². The van der Waals surface area contributed by atoms with E-state index >= 15 is 0 Å². The Morgan fingerprint density at radius 3 is 2.50 bits per heavy atom. The summed E-state index contributed by atoms with van der Waals surface area (Å²) in [6, 6.07) is 2.48. The molecule has 3 rings (SSSR count). The number of hydrogen-bond acceptors (Lipinski definition) is 4. The van der Waals surface area contributed by atoms with E-state index in [0.29, 0.717) is 19.8 Å². The molecular formula is C19H17ClF4N4O3S. The maximum absolute atomic E-state index is 13.5. The molecular weight excluding hydrogens is 476 g/mol. The number of benzene rings is 1. The second-order valence-corrected chi connectivity index (χ2v) is 9.38. The van der Waals surface area contributed by atoms with Gasteiger partial charge in [-0.2, -0.15) is 23.2 Å². The summed E-state index contributed by atoms with van der Waals surface area (Å²) in [6.45, 7) is 0.653. The predicted octanol–water partition coefficient (Wildman–Crippen LogP) is 4.05. The first-order chi connectivity index (χ1) is 14.8. The lowest BCUT2D eigenvalue weighted by Crippen LogP contribution is -2.43. The standard InChI is InChI=1S/C19H17ClF4N4O3S/c1-9(19(22,23)24)27-32(30,31)17-14(20)16(28(2)15(17)10-3-4-10)18(29)26-12-5-6-13(21)11(7-12)8-25/h5-7,9-10,27H,3-4H2,1-2H3,(H,26,29)/t9-/m1/s1. The zero-order valence-electron chi connectivity index (χ0n) is 16.7. The Bertz CT molecular complexity index is 1230. The summed E-state index contributed by atoms with van der Waals surface area (Å²) in [6.07, 6.45) is -3.67. The number of nitrogens with one attached hydrogen (secondary N) is 2. The largest absolute Gasteiger partial charge is 0.404 e. The molecule has 32 heavy (non-hydrogen) atoms. The molecule has 2 N–H and O–H groups in total. The second kappa shape index (κ2) is 8.38. The fourth-order valence-corrected chi connectivity index (χ4v) is 5.44. The SMILES string of the molecule is C[C@@H](NS(=O)(=O)c1c(Cl)c(C(=O)Nc2ccc(F)c(C#N)c2)n(C)c1C1CC1)C(F)(F)F. The molecule has 13 heteroatoms. The van der Waals surface area contributed by atoms with Gasteiger partial charge in [-0.05, 0) is 38.0 Å². The lowest BCUT2D eigenvalue weighted by Gasteiger charge is -2.18. The van der Waals surface area contributed by atoms with Crippen molar-refractivity contribution in [3.8, 4) is 6.07 Å². The Balaban J connectivity index is 2.04. The van der Waals surface area contributed by atoms with Gasteiger partial charge in [-0.25, -0.2) is 12.8 Å². The normalized spacial score (nSPS) is 15.3. The predicted molar refractivity (Wildman–Crippen MR) is 107 cm³/mol. The van der Waals surface area contributed by atoms with Crippen molar-refractivity contribution in [1.29, 1.82) is 5.26 Å². The molecule has 7 nitrogen and oxygen atoms in total. The minimum atomic E-state index is -4.82. The molecule has 1 aliphatic rings. The Morgan fingerprint density at radius 1 is 1.34 bits per heavy atom. The Labute approximate surface area is 186 Å². The summed E-state index contributed by atoms with van der Waals surface area (Å²) < 4.78 is 80.7. The van der Waals surface area contributed by atoms with E-state index in [2.05, 4.69) is 5.32 Å². The van der Waals surface area contributed by atoms with Crippen LogP contribution in [0, 0.1) is 17.1 Å². The minimum absolute atomic E-state index is 0.0476. The Hall–Kier alpha value is -2.62. The number of aromatic nitrogens is 1.